The molecule has 0 aliphatic carbocycles. The smallest absolute Gasteiger partial charge is 0.0934 e. The zero-order valence-electron chi connectivity index (χ0n) is 7.35. The van der Waals surface area contributed by atoms with E-state index in [2.05, 4.69) is 19.4 Å². The fourth-order valence-corrected chi connectivity index (χ4v) is 0.895. The lowest BCUT2D eigenvalue weighted by atomic mass is 9.91. The Morgan fingerprint density at radius 2 is 2.27 bits per heavy atom. The largest absolute Gasteiger partial charge is 0.385 e. The molecule has 0 saturated carbocycles. The van der Waals surface area contributed by atoms with Crippen molar-refractivity contribution in [2.45, 2.75) is 38.7 Å². The second kappa shape index (κ2) is 4.20. The van der Waals surface area contributed by atoms with E-state index in [0.29, 0.717) is 6.42 Å². The van der Waals surface area contributed by atoms with Crippen LogP contribution in [0, 0.1) is 12.3 Å². The molecule has 62 valence electrons. The molecule has 0 saturated heterocycles. The first-order valence-electron chi connectivity index (χ1n) is 3.88. The summed E-state index contributed by atoms with van der Waals surface area (Å²) in [6, 6.07) is 0. The van der Waals surface area contributed by atoms with Crippen LogP contribution in [0.2, 0.25) is 0 Å². The van der Waals surface area contributed by atoms with E-state index in [9.17, 15) is 5.11 Å². The van der Waals surface area contributed by atoms with Crippen LogP contribution in [0.5, 0.6) is 0 Å². The Kier molecular flexibility index (Phi) is 3.92. The maximum Gasteiger partial charge on any atom is 0.0934 e. The molecule has 0 radical (unpaired) electrons. The SMILES string of the molecule is C#CCC(C)(O)C(=C)CCC. The van der Waals surface area contributed by atoms with Crippen LogP contribution in [0.1, 0.15) is 33.1 Å². The van der Waals surface area contributed by atoms with E-state index in [1.54, 1.807) is 6.92 Å². The number of terminal acetylenes is 1. The van der Waals surface area contributed by atoms with Crippen molar-refractivity contribution >= 4 is 0 Å². The molecule has 0 aliphatic rings. The molecule has 1 nitrogen and oxygen atoms in total. The zero-order valence-corrected chi connectivity index (χ0v) is 7.35. The summed E-state index contributed by atoms with van der Waals surface area (Å²) in [6.45, 7) is 7.56. The van der Waals surface area contributed by atoms with Gasteiger partial charge in [0.15, 0.2) is 0 Å². The van der Waals surface area contributed by atoms with Crippen LogP contribution in [0.25, 0.3) is 0 Å². The van der Waals surface area contributed by atoms with Gasteiger partial charge >= 0.3 is 0 Å². The molecular formula is C10H16O. The highest BCUT2D eigenvalue weighted by Crippen LogP contribution is 2.22. The predicted molar refractivity (Wildman–Crippen MR) is 48.1 cm³/mol. The minimum Gasteiger partial charge on any atom is -0.385 e. The minimum absolute atomic E-state index is 0.353. The lowest BCUT2D eigenvalue weighted by Crippen LogP contribution is -2.25. The van der Waals surface area contributed by atoms with Gasteiger partial charge in [-0.15, -0.1) is 12.3 Å². The Balaban J connectivity index is 4.08. The Morgan fingerprint density at radius 1 is 1.73 bits per heavy atom. The maximum absolute atomic E-state index is 9.67. The van der Waals surface area contributed by atoms with Crippen molar-refractivity contribution in [3.63, 3.8) is 0 Å². The second-order valence-corrected chi connectivity index (χ2v) is 3.01. The van der Waals surface area contributed by atoms with Crippen molar-refractivity contribution in [2.75, 3.05) is 0 Å². The standard InChI is InChI=1S/C10H16O/c1-5-7-9(3)10(4,11)8-6-2/h2,11H,3,5,7-8H2,1,4H3. The molecule has 11 heavy (non-hydrogen) atoms. The minimum atomic E-state index is -0.870. The molecule has 1 unspecified atom stereocenters. The zero-order chi connectivity index (χ0) is 8.91. The molecule has 0 aromatic heterocycles. The molecule has 0 spiro atoms. The van der Waals surface area contributed by atoms with Crippen LogP contribution in [-0.2, 0) is 0 Å². The normalized spacial score (nSPS) is 15.1. The molecule has 0 aromatic carbocycles. The molecule has 0 aromatic rings. The van der Waals surface area contributed by atoms with E-state index in [0.717, 1.165) is 18.4 Å². The van der Waals surface area contributed by atoms with Crippen molar-refractivity contribution in [3.8, 4) is 12.3 Å². The van der Waals surface area contributed by atoms with E-state index in [-0.39, 0.29) is 0 Å². The molecule has 1 N–H and O–H groups in total. The molecular weight excluding hydrogens is 136 g/mol. The second-order valence-electron chi connectivity index (χ2n) is 3.01. The van der Waals surface area contributed by atoms with Gasteiger partial charge in [-0.2, -0.15) is 0 Å². The number of hydrogen-bond donors (Lipinski definition) is 1. The quantitative estimate of drug-likeness (QED) is 0.483. The van der Waals surface area contributed by atoms with Crippen LogP contribution >= 0.6 is 0 Å². The van der Waals surface area contributed by atoms with Crippen LogP contribution in [-0.4, -0.2) is 10.7 Å². The molecule has 0 fully saturated rings. The van der Waals surface area contributed by atoms with Gasteiger partial charge in [-0.3, -0.25) is 0 Å². The van der Waals surface area contributed by atoms with E-state index in [4.69, 9.17) is 6.42 Å². The van der Waals surface area contributed by atoms with Gasteiger partial charge in [-0.1, -0.05) is 19.9 Å². The number of hydrogen-bond acceptors (Lipinski definition) is 1. The van der Waals surface area contributed by atoms with Crippen LogP contribution < -0.4 is 0 Å². The van der Waals surface area contributed by atoms with Crippen molar-refractivity contribution in [1.29, 1.82) is 0 Å². The van der Waals surface area contributed by atoms with E-state index >= 15 is 0 Å². The van der Waals surface area contributed by atoms with Gasteiger partial charge in [0.05, 0.1) is 5.60 Å². The summed E-state index contributed by atoms with van der Waals surface area (Å²) in [5.74, 6) is 2.44. The molecule has 0 bridgehead atoms. The van der Waals surface area contributed by atoms with Gasteiger partial charge in [0.2, 0.25) is 0 Å². The average Bonchev–Trinajstić information content (AvgIpc) is 1.88. The third kappa shape index (κ3) is 3.25. The van der Waals surface area contributed by atoms with Crippen molar-refractivity contribution in [2.24, 2.45) is 0 Å². The highest BCUT2D eigenvalue weighted by Gasteiger charge is 2.21. The topological polar surface area (TPSA) is 20.2 Å². The van der Waals surface area contributed by atoms with Gasteiger partial charge in [0.25, 0.3) is 0 Å². The first kappa shape index (κ1) is 10.3. The van der Waals surface area contributed by atoms with Gasteiger partial charge in [-0.05, 0) is 18.9 Å². The van der Waals surface area contributed by atoms with Gasteiger partial charge in [0.1, 0.15) is 0 Å². The highest BCUT2D eigenvalue weighted by atomic mass is 16.3. The van der Waals surface area contributed by atoms with Crippen LogP contribution in [0.4, 0.5) is 0 Å². The molecule has 0 heterocycles. The van der Waals surface area contributed by atoms with Gasteiger partial charge < -0.3 is 5.11 Å². The summed E-state index contributed by atoms with van der Waals surface area (Å²) in [7, 11) is 0. The molecule has 1 atom stereocenters. The lowest BCUT2D eigenvalue weighted by molar-refractivity contribution is 0.101. The van der Waals surface area contributed by atoms with Gasteiger partial charge in [0, 0.05) is 6.42 Å². The van der Waals surface area contributed by atoms with E-state index in [1.165, 1.54) is 0 Å². The summed E-state index contributed by atoms with van der Waals surface area (Å²) in [4.78, 5) is 0. The number of rotatable bonds is 4. The van der Waals surface area contributed by atoms with Crippen molar-refractivity contribution < 1.29 is 5.11 Å². The molecule has 0 aliphatic heterocycles. The van der Waals surface area contributed by atoms with E-state index < -0.39 is 5.60 Å². The van der Waals surface area contributed by atoms with Crippen LogP contribution in [0.3, 0.4) is 0 Å². The molecule has 0 rings (SSSR count). The summed E-state index contributed by atoms with van der Waals surface area (Å²) >= 11 is 0. The third-order valence-electron chi connectivity index (χ3n) is 1.76. The van der Waals surface area contributed by atoms with Crippen molar-refractivity contribution in [3.05, 3.63) is 12.2 Å². The third-order valence-corrected chi connectivity index (χ3v) is 1.76. The first-order chi connectivity index (χ1) is 5.04. The Bertz CT molecular complexity index is 172. The highest BCUT2D eigenvalue weighted by molar-refractivity contribution is 5.14. The molecule has 0 amide bonds. The summed E-state index contributed by atoms with van der Waals surface area (Å²) in [5, 5.41) is 9.67. The number of aliphatic hydroxyl groups is 1. The van der Waals surface area contributed by atoms with Gasteiger partial charge in [-0.25, -0.2) is 0 Å². The van der Waals surface area contributed by atoms with Crippen LogP contribution in [0.15, 0.2) is 12.2 Å². The first-order valence-corrected chi connectivity index (χ1v) is 3.88. The monoisotopic (exact) mass is 152 g/mol. The summed E-state index contributed by atoms with van der Waals surface area (Å²) < 4.78 is 0. The Morgan fingerprint density at radius 3 is 2.64 bits per heavy atom. The average molecular weight is 152 g/mol. The van der Waals surface area contributed by atoms with Crippen molar-refractivity contribution in [1.82, 2.24) is 0 Å². The fraction of sp³-hybridized carbons (Fsp3) is 0.600. The summed E-state index contributed by atoms with van der Waals surface area (Å²) in [6.07, 6.45) is 7.29. The Labute approximate surface area is 69.1 Å². The fourth-order valence-electron chi connectivity index (χ4n) is 0.895. The lowest BCUT2D eigenvalue weighted by Gasteiger charge is -2.23. The Hall–Kier alpha value is -0.740. The summed E-state index contributed by atoms with van der Waals surface area (Å²) in [5.41, 5.74) is -0.0388. The molecule has 1 heteroatoms. The van der Waals surface area contributed by atoms with E-state index in [1.807, 2.05) is 0 Å². The maximum atomic E-state index is 9.67. The predicted octanol–water partition coefficient (Wildman–Crippen LogP) is 2.12.